The number of alkyl carbamates (subject to hydrolysis) is 1. The van der Waals surface area contributed by atoms with Gasteiger partial charge in [-0.15, -0.1) is 0 Å². The normalized spacial score (nSPS) is 17.7. The Morgan fingerprint density at radius 2 is 1.57 bits per heavy atom. The molecule has 2 heterocycles. The molecule has 2 aliphatic rings. The predicted octanol–water partition coefficient (Wildman–Crippen LogP) is 5.67. The highest BCUT2D eigenvalue weighted by Gasteiger charge is 2.48. The number of carbonyl (C=O) groups is 2. The summed E-state index contributed by atoms with van der Waals surface area (Å²) >= 11 is 0. The van der Waals surface area contributed by atoms with E-state index in [1.165, 1.54) is 34.5 Å². The predicted molar refractivity (Wildman–Crippen MR) is 228 cm³/mol. The number of ether oxygens (including phenoxy) is 5. The summed E-state index contributed by atoms with van der Waals surface area (Å²) in [4.78, 5) is 27.1. The second-order valence-electron chi connectivity index (χ2n) is 17.2. The number of nitrogens with one attached hydrogen (secondary N) is 2. The zero-order valence-corrected chi connectivity index (χ0v) is 37.9. The maximum Gasteiger partial charge on any atom is 0.410 e. The summed E-state index contributed by atoms with van der Waals surface area (Å²) in [6, 6.07) is 17.9. The second kappa shape index (κ2) is 19.3. The van der Waals surface area contributed by atoms with E-state index in [0.29, 0.717) is 19.3 Å². The number of rotatable bonds is 15. The highest BCUT2D eigenvalue weighted by atomic mass is 32.2. The number of hydrogen-bond donors (Lipinski definition) is 3. The molecule has 0 unspecified atom stereocenters. The van der Waals surface area contributed by atoms with Crippen LogP contribution in [0.25, 0.3) is 11.1 Å². The Balaban J connectivity index is 1.23. The summed E-state index contributed by atoms with van der Waals surface area (Å²) < 4.78 is 85.6. The van der Waals surface area contributed by atoms with Gasteiger partial charge in [0.15, 0.2) is 0 Å². The van der Waals surface area contributed by atoms with Gasteiger partial charge in [-0.2, -0.15) is 4.31 Å². The van der Waals surface area contributed by atoms with Crippen LogP contribution in [0.15, 0.2) is 76.5 Å². The molecule has 3 aromatic carbocycles. The van der Waals surface area contributed by atoms with Gasteiger partial charge >= 0.3 is 12.2 Å². The number of benzene rings is 3. The van der Waals surface area contributed by atoms with Crippen LogP contribution >= 0.6 is 0 Å². The molecule has 16 nitrogen and oxygen atoms in total. The lowest BCUT2D eigenvalue weighted by atomic mass is 9.88. The molecule has 0 aliphatic carbocycles. The van der Waals surface area contributed by atoms with Crippen molar-refractivity contribution in [1.29, 1.82) is 0 Å². The van der Waals surface area contributed by atoms with Crippen molar-refractivity contribution in [1.82, 2.24) is 19.2 Å². The van der Waals surface area contributed by atoms with Gasteiger partial charge in [0.05, 0.1) is 36.3 Å². The molecule has 2 fully saturated rings. The number of nitrogens with zero attached hydrogens (tertiary/aromatic N) is 2. The molecule has 2 amide bonds. The topological polar surface area (TPSA) is 199 Å². The first-order chi connectivity index (χ1) is 28.5. The smallest absolute Gasteiger partial charge is 0.410 e. The third-order valence-corrected chi connectivity index (χ3v) is 13.5. The van der Waals surface area contributed by atoms with Crippen LogP contribution in [0.1, 0.15) is 73.3 Å². The van der Waals surface area contributed by atoms with Crippen LogP contribution in [0.5, 0.6) is 11.5 Å². The van der Waals surface area contributed by atoms with Gasteiger partial charge in [-0.1, -0.05) is 36.4 Å². The van der Waals surface area contributed by atoms with Crippen molar-refractivity contribution in [3.8, 4) is 22.6 Å². The van der Waals surface area contributed by atoms with Crippen LogP contribution in [0.4, 0.5) is 9.59 Å². The van der Waals surface area contributed by atoms with Crippen LogP contribution in [0.3, 0.4) is 0 Å². The summed E-state index contributed by atoms with van der Waals surface area (Å²) in [6.45, 7) is 13.1. The molecular formula is C43H60N4O12S2. The van der Waals surface area contributed by atoms with Crippen molar-refractivity contribution in [3.63, 3.8) is 0 Å². The molecule has 2 saturated heterocycles. The van der Waals surface area contributed by atoms with Crippen LogP contribution in [-0.4, -0.2) is 119 Å². The van der Waals surface area contributed by atoms with Gasteiger partial charge in [0.1, 0.15) is 40.3 Å². The number of aliphatic hydroxyl groups is 1. The molecule has 18 heteroatoms. The minimum Gasteiger partial charge on any atom is -0.492 e. The van der Waals surface area contributed by atoms with E-state index in [4.69, 9.17) is 23.7 Å². The lowest BCUT2D eigenvalue weighted by Gasteiger charge is -2.38. The van der Waals surface area contributed by atoms with E-state index in [-0.39, 0.29) is 67.3 Å². The Morgan fingerprint density at radius 3 is 2.20 bits per heavy atom. The van der Waals surface area contributed by atoms with Crippen LogP contribution in [-0.2, 0) is 40.8 Å². The molecule has 336 valence electrons. The van der Waals surface area contributed by atoms with E-state index in [0.717, 1.165) is 16.7 Å². The molecule has 3 aromatic rings. The third kappa shape index (κ3) is 12.8. The zero-order chi connectivity index (χ0) is 44.8. The zero-order valence-electron chi connectivity index (χ0n) is 36.2. The molecule has 3 N–H and O–H groups in total. The first kappa shape index (κ1) is 47.6. The van der Waals surface area contributed by atoms with Crippen molar-refractivity contribution in [2.75, 3.05) is 46.5 Å². The molecule has 0 aromatic heterocycles. The fourth-order valence-electron chi connectivity index (χ4n) is 7.13. The largest absolute Gasteiger partial charge is 0.492 e. The van der Waals surface area contributed by atoms with E-state index in [1.54, 1.807) is 72.7 Å². The second-order valence-corrected chi connectivity index (χ2v) is 21.0. The summed E-state index contributed by atoms with van der Waals surface area (Å²) in [6.07, 6.45) is -1.17. The Labute approximate surface area is 359 Å². The minimum absolute atomic E-state index is 0.00328. The molecule has 5 rings (SSSR count). The van der Waals surface area contributed by atoms with Gasteiger partial charge in [-0.25, -0.2) is 31.1 Å². The number of amides is 2. The van der Waals surface area contributed by atoms with Gasteiger partial charge in [0.25, 0.3) is 0 Å². The number of hydrogen-bond acceptors (Lipinski definition) is 12. The summed E-state index contributed by atoms with van der Waals surface area (Å²) in [5.74, 6) is 0.463. The summed E-state index contributed by atoms with van der Waals surface area (Å²) in [7, 11) is -6.39. The summed E-state index contributed by atoms with van der Waals surface area (Å²) in [5.41, 5.74) is 0.333. The molecule has 0 saturated carbocycles. The number of aliphatic hydroxyl groups excluding tert-OH is 1. The number of carbonyl (C=O) groups excluding carboxylic acids is 2. The molecular weight excluding hydrogens is 829 g/mol. The Morgan fingerprint density at radius 1 is 0.918 bits per heavy atom. The van der Waals surface area contributed by atoms with Crippen molar-refractivity contribution >= 4 is 32.2 Å². The van der Waals surface area contributed by atoms with Gasteiger partial charge in [0, 0.05) is 25.7 Å². The highest BCUT2D eigenvalue weighted by molar-refractivity contribution is 7.89. The Hall–Kier alpha value is -4.46. The van der Waals surface area contributed by atoms with Gasteiger partial charge in [-0.05, 0) is 116 Å². The summed E-state index contributed by atoms with van der Waals surface area (Å²) in [5, 5.41) is 13.8. The SMILES string of the molecule is CCOc1cc(-c2ccc(CNC(=O)OC(C)(C)C)cc2)ccc1S(=O)(=O)N1CCC2(CC1)C[C@H](N(C[C@H](O)COc1cccc(S(=O)(=O)NC)c1)C(=O)OC(C)(C)C)CO2. The monoisotopic (exact) mass is 888 g/mol. The average molecular weight is 889 g/mol. The van der Waals surface area contributed by atoms with E-state index in [9.17, 15) is 31.5 Å². The molecule has 0 radical (unpaired) electrons. The minimum atomic E-state index is -3.98. The maximum absolute atomic E-state index is 14.2. The third-order valence-electron chi connectivity index (χ3n) is 10.1. The van der Waals surface area contributed by atoms with E-state index in [1.807, 2.05) is 24.3 Å². The van der Waals surface area contributed by atoms with Crippen molar-refractivity contribution < 1.29 is 55.2 Å². The van der Waals surface area contributed by atoms with E-state index < -0.39 is 61.2 Å². The first-order valence-corrected chi connectivity index (χ1v) is 23.3. The molecule has 2 atom stereocenters. The lowest BCUT2D eigenvalue weighted by Crippen LogP contribution is -2.50. The molecule has 0 bridgehead atoms. The molecule has 61 heavy (non-hydrogen) atoms. The van der Waals surface area contributed by atoms with E-state index in [2.05, 4.69) is 10.0 Å². The van der Waals surface area contributed by atoms with Crippen LogP contribution < -0.4 is 19.5 Å². The number of sulfonamides is 2. The fraction of sp³-hybridized carbons (Fsp3) is 0.535. The van der Waals surface area contributed by atoms with Crippen molar-refractivity contribution in [2.24, 2.45) is 0 Å². The Bertz CT molecular complexity index is 2210. The fourth-order valence-corrected chi connectivity index (χ4v) is 9.45. The van der Waals surface area contributed by atoms with Gasteiger partial charge in [-0.3, -0.25) is 0 Å². The lowest BCUT2D eigenvalue weighted by molar-refractivity contribution is -0.0329. The highest BCUT2D eigenvalue weighted by Crippen LogP contribution is 2.41. The quantitative estimate of drug-likeness (QED) is 0.169. The van der Waals surface area contributed by atoms with Crippen LogP contribution in [0.2, 0.25) is 0 Å². The van der Waals surface area contributed by atoms with Gasteiger partial charge < -0.3 is 39.0 Å². The molecule has 1 spiro atoms. The maximum atomic E-state index is 14.2. The van der Waals surface area contributed by atoms with Gasteiger partial charge in [0.2, 0.25) is 20.0 Å². The van der Waals surface area contributed by atoms with Crippen molar-refractivity contribution in [2.45, 2.75) is 113 Å². The standard InChI is InChI=1S/C43H60N4O12S2/c1-9-55-37-23-32(31-15-13-30(14-16-31)26-45-39(49)58-41(2,3)4)17-18-38(37)61(53,54)46-21-19-43(20-22-46)25-33(28-57-43)47(40(50)59-42(5,6)7)27-34(48)29-56-35-11-10-12-36(24-35)60(51,52)44-8/h10-18,23-24,33-34,44,48H,9,19-22,25-29H2,1-8H3,(H,45,49)/t33-,34-/m0/s1. The van der Waals surface area contributed by atoms with Crippen LogP contribution in [0, 0.1) is 0 Å². The number of piperidine rings is 1. The molecule has 2 aliphatic heterocycles. The first-order valence-electron chi connectivity index (χ1n) is 20.3. The Kier molecular flexibility index (Phi) is 15.0. The van der Waals surface area contributed by atoms with Crippen molar-refractivity contribution in [3.05, 3.63) is 72.3 Å². The van der Waals surface area contributed by atoms with E-state index >= 15 is 0 Å². The average Bonchev–Trinajstić information content (AvgIpc) is 3.60.